The third-order valence-corrected chi connectivity index (χ3v) is 5.77. The number of carbonyl (C=O) groups is 1. The monoisotopic (exact) mass is 336 g/mol. The predicted octanol–water partition coefficient (Wildman–Crippen LogP) is 3.27. The molecule has 22 heavy (non-hydrogen) atoms. The summed E-state index contributed by atoms with van der Waals surface area (Å²) >= 11 is 3.04. The molecular weight excluding hydrogens is 316 g/mol. The zero-order valence-electron chi connectivity index (χ0n) is 12.8. The zero-order chi connectivity index (χ0) is 15.5. The Balaban J connectivity index is 1.59. The van der Waals surface area contributed by atoms with Crippen molar-refractivity contribution >= 4 is 29.0 Å². The fourth-order valence-corrected chi connectivity index (χ4v) is 3.99. The summed E-state index contributed by atoms with van der Waals surface area (Å²) in [5, 5.41) is 9.65. The van der Waals surface area contributed by atoms with Crippen LogP contribution >= 0.6 is 23.1 Å². The number of carbonyl (C=O) groups excluding carboxylic acids is 1. The summed E-state index contributed by atoms with van der Waals surface area (Å²) in [6, 6.07) is 3.99. The highest BCUT2D eigenvalue weighted by atomic mass is 32.2. The minimum atomic E-state index is -0.152. The number of amides is 1. The van der Waals surface area contributed by atoms with E-state index in [1.54, 1.807) is 11.3 Å². The van der Waals surface area contributed by atoms with E-state index < -0.39 is 0 Å². The second-order valence-electron chi connectivity index (χ2n) is 5.71. The number of nitrogens with one attached hydrogen (secondary N) is 1. The highest BCUT2D eigenvalue weighted by Gasteiger charge is 2.26. The van der Waals surface area contributed by atoms with Crippen molar-refractivity contribution in [1.82, 2.24) is 20.1 Å². The normalized spacial score (nSPS) is 17.6. The van der Waals surface area contributed by atoms with Crippen molar-refractivity contribution in [3.8, 4) is 10.7 Å². The Kier molecular flexibility index (Phi) is 4.83. The molecule has 1 fully saturated rings. The van der Waals surface area contributed by atoms with E-state index in [0.29, 0.717) is 5.16 Å². The quantitative estimate of drug-likeness (QED) is 0.871. The average Bonchev–Trinajstić information content (AvgIpc) is 3.18. The van der Waals surface area contributed by atoms with Crippen LogP contribution in [0.4, 0.5) is 0 Å². The number of likely N-dealkylation sites (tertiary alicyclic amines) is 1. The molecule has 0 radical (unpaired) electrons. The number of piperidine rings is 1. The van der Waals surface area contributed by atoms with E-state index in [2.05, 4.69) is 22.1 Å². The number of nitrogens with zero attached hydrogens (tertiary/aromatic N) is 3. The molecule has 0 aromatic carbocycles. The highest BCUT2D eigenvalue weighted by molar-refractivity contribution is 8.00. The van der Waals surface area contributed by atoms with Gasteiger partial charge in [0.1, 0.15) is 0 Å². The third kappa shape index (κ3) is 3.52. The van der Waals surface area contributed by atoms with Crippen LogP contribution in [-0.2, 0) is 4.79 Å². The first-order chi connectivity index (χ1) is 10.6. The van der Waals surface area contributed by atoms with Gasteiger partial charge >= 0.3 is 0 Å². The summed E-state index contributed by atoms with van der Waals surface area (Å²) in [5.41, 5.74) is 0. The molecule has 1 aliphatic heterocycles. The second-order valence-corrected chi connectivity index (χ2v) is 7.97. The van der Waals surface area contributed by atoms with Gasteiger partial charge in [0.05, 0.1) is 10.1 Å². The maximum Gasteiger partial charge on any atom is 0.235 e. The number of aromatic amines is 1. The molecule has 1 N–H and O–H groups in total. The van der Waals surface area contributed by atoms with Crippen LogP contribution in [0.25, 0.3) is 10.7 Å². The average molecular weight is 336 g/mol. The van der Waals surface area contributed by atoms with E-state index in [-0.39, 0.29) is 11.2 Å². The lowest BCUT2D eigenvalue weighted by atomic mass is 9.99. The van der Waals surface area contributed by atoms with Gasteiger partial charge in [-0.1, -0.05) is 24.8 Å². The predicted molar refractivity (Wildman–Crippen MR) is 90.0 cm³/mol. The van der Waals surface area contributed by atoms with Crippen LogP contribution in [-0.4, -0.2) is 44.3 Å². The van der Waals surface area contributed by atoms with Crippen LogP contribution in [0, 0.1) is 5.92 Å². The van der Waals surface area contributed by atoms with Crippen molar-refractivity contribution in [2.45, 2.75) is 37.1 Å². The van der Waals surface area contributed by atoms with E-state index in [4.69, 9.17) is 0 Å². The van der Waals surface area contributed by atoms with E-state index in [9.17, 15) is 4.79 Å². The SMILES string of the molecule is CC1CCN(C(=O)[C@@H](C)Sc2n[nH]c(-c3cccs3)n2)CC1. The summed E-state index contributed by atoms with van der Waals surface area (Å²) < 4.78 is 0. The summed E-state index contributed by atoms with van der Waals surface area (Å²) in [4.78, 5) is 20.0. The van der Waals surface area contributed by atoms with Gasteiger partial charge in [-0.25, -0.2) is 4.98 Å². The first kappa shape index (κ1) is 15.6. The van der Waals surface area contributed by atoms with Gasteiger partial charge in [-0.2, -0.15) is 0 Å². The fraction of sp³-hybridized carbons (Fsp3) is 0.533. The van der Waals surface area contributed by atoms with Crippen LogP contribution in [0.15, 0.2) is 22.7 Å². The van der Waals surface area contributed by atoms with Crippen LogP contribution in [0.2, 0.25) is 0 Å². The highest BCUT2D eigenvalue weighted by Crippen LogP contribution is 2.27. The smallest absolute Gasteiger partial charge is 0.235 e. The number of aromatic nitrogens is 3. The maximum absolute atomic E-state index is 12.5. The molecule has 0 saturated carbocycles. The van der Waals surface area contributed by atoms with Crippen LogP contribution in [0.1, 0.15) is 26.7 Å². The molecule has 1 saturated heterocycles. The Hall–Kier alpha value is -1.34. The van der Waals surface area contributed by atoms with Gasteiger partial charge in [0.2, 0.25) is 11.1 Å². The van der Waals surface area contributed by atoms with Gasteiger partial charge in [-0.3, -0.25) is 9.89 Å². The van der Waals surface area contributed by atoms with E-state index in [0.717, 1.165) is 42.6 Å². The van der Waals surface area contributed by atoms with Crippen molar-refractivity contribution < 1.29 is 4.79 Å². The molecule has 2 aromatic rings. The maximum atomic E-state index is 12.5. The van der Waals surface area contributed by atoms with E-state index >= 15 is 0 Å². The zero-order valence-corrected chi connectivity index (χ0v) is 14.4. The standard InChI is InChI=1S/C15H20N4OS2/c1-10-5-7-19(8-6-10)14(20)11(2)22-15-16-13(17-18-15)12-4-3-9-21-12/h3-4,9-11H,5-8H2,1-2H3,(H,16,17,18)/t11-/m1/s1. The number of hydrogen-bond acceptors (Lipinski definition) is 5. The molecule has 3 rings (SSSR count). The summed E-state index contributed by atoms with van der Waals surface area (Å²) in [5.74, 6) is 1.69. The number of rotatable bonds is 4. The number of hydrogen-bond donors (Lipinski definition) is 1. The Labute approximate surface area is 138 Å². The lowest BCUT2D eigenvalue weighted by molar-refractivity contribution is -0.131. The van der Waals surface area contributed by atoms with Crippen LogP contribution in [0.5, 0.6) is 0 Å². The molecule has 5 nitrogen and oxygen atoms in total. The minimum absolute atomic E-state index is 0.152. The molecule has 1 aliphatic rings. The molecule has 118 valence electrons. The molecule has 1 amide bonds. The Morgan fingerprint density at radius 1 is 1.50 bits per heavy atom. The van der Waals surface area contributed by atoms with Crippen LogP contribution in [0.3, 0.4) is 0 Å². The Bertz CT molecular complexity index is 617. The van der Waals surface area contributed by atoms with Gasteiger partial charge in [-0.05, 0) is 37.1 Å². The van der Waals surface area contributed by atoms with E-state index in [1.807, 2.05) is 29.3 Å². The van der Waals surface area contributed by atoms with Gasteiger partial charge in [0.15, 0.2) is 5.82 Å². The summed E-state index contributed by atoms with van der Waals surface area (Å²) in [6.45, 7) is 5.94. The number of thioether (sulfide) groups is 1. The van der Waals surface area contributed by atoms with E-state index in [1.165, 1.54) is 11.8 Å². The molecular formula is C15H20N4OS2. The largest absolute Gasteiger partial charge is 0.342 e. The minimum Gasteiger partial charge on any atom is -0.342 e. The fourth-order valence-electron chi connectivity index (χ4n) is 2.52. The molecule has 0 bridgehead atoms. The first-order valence-electron chi connectivity index (χ1n) is 7.55. The number of thiophene rings is 1. The molecule has 1 atom stereocenters. The van der Waals surface area contributed by atoms with Crippen molar-refractivity contribution in [3.05, 3.63) is 17.5 Å². The first-order valence-corrected chi connectivity index (χ1v) is 9.31. The molecule has 2 aromatic heterocycles. The van der Waals surface area contributed by atoms with Crippen molar-refractivity contribution in [3.63, 3.8) is 0 Å². The molecule has 0 spiro atoms. The lowest BCUT2D eigenvalue weighted by Crippen LogP contribution is -2.41. The van der Waals surface area contributed by atoms with Gasteiger partial charge < -0.3 is 4.90 Å². The van der Waals surface area contributed by atoms with Crippen molar-refractivity contribution in [2.75, 3.05) is 13.1 Å². The van der Waals surface area contributed by atoms with Crippen molar-refractivity contribution in [2.24, 2.45) is 5.92 Å². The second kappa shape index (κ2) is 6.83. The van der Waals surface area contributed by atoms with Crippen LogP contribution < -0.4 is 0 Å². The third-order valence-electron chi connectivity index (χ3n) is 3.94. The molecule has 0 aliphatic carbocycles. The van der Waals surface area contributed by atoms with Crippen molar-refractivity contribution in [1.29, 1.82) is 0 Å². The van der Waals surface area contributed by atoms with Gasteiger partial charge in [0, 0.05) is 13.1 Å². The lowest BCUT2D eigenvalue weighted by Gasteiger charge is -2.31. The molecule has 0 unspecified atom stereocenters. The van der Waals surface area contributed by atoms with Gasteiger partial charge in [-0.15, -0.1) is 16.4 Å². The van der Waals surface area contributed by atoms with Gasteiger partial charge in [0.25, 0.3) is 0 Å². The molecule has 3 heterocycles. The number of H-pyrrole nitrogens is 1. The topological polar surface area (TPSA) is 61.9 Å². The Morgan fingerprint density at radius 3 is 2.95 bits per heavy atom. The Morgan fingerprint density at radius 2 is 2.27 bits per heavy atom. The molecule has 7 heteroatoms. The summed E-state index contributed by atoms with van der Waals surface area (Å²) in [6.07, 6.45) is 2.21. The summed E-state index contributed by atoms with van der Waals surface area (Å²) in [7, 11) is 0.